The number of thioether (sulfide) groups is 1. The zero-order chi connectivity index (χ0) is 12.0. The molecule has 0 radical (unpaired) electrons. The molecular formula is C13H22N2S. The predicted octanol–water partition coefficient (Wildman–Crippen LogP) is 3.58. The number of rotatable bonds is 6. The van der Waals surface area contributed by atoms with Crippen molar-refractivity contribution in [3.8, 4) is 0 Å². The first kappa shape index (κ1) is 13.4. The largest absolute Gasteiger partial charge is 0.367 e. The fourth-order valence-corrected chi connectivity index (χ4v) is 2.37. The number of hydrogen-bond donors (Lipinski definition) is 1. The van der Waals surface area contributed by atoms with Gasteiger partial charge in [-0.3, -0.25) is 0 Å². The van der Waals surface area contributed by atoms with Crippen molar-refractivity contribution in [3.63, 3.8) is 0 Å². The second kappa shape index (κ2) is 6.79. The van der Waals surface area contributed by atoms with Gasteiger partial charge >= 0.3 is 0 Å². The SMILES string of the molecule is Cc1ccc(NC(C)CSCC(C)C)nc1. The van der Waals surface area contributed by atoms with Crippen LogP contribution in [0, 0.1) is 12.8 Å². The van der Waals surface area contributed by atoms with Gasteiger partial charge in [0.05, 0.1) is 0 Å². The summed E-state index contributed by atoms with van der Waals surface area (Å²) in [4.78, 5) is 4.34. The maximum atomic E-state index is 4.34. The van der Waals surface area contributed by atoms with Crippen molar-refractivity contribution >= 4 is 17.6 Å². The second-order valence-electron chi connectivity index (χ2n) is 4.70. The molecule has 2 nitrogen and oxygen atoms in total. The summed E-state index contributed by atoms with van der Waals surface area (Å²) in [5, 5.41) is 3.41. The van der Waals surface area contributed by atoms with Gasteiger partial charge in [-0.25, -0.2) is 4.98 Å². The summed E-state index contributed by atoms with van der Waals surface area (Å²) in [6, 6.07) is 4.60. The summed E-state index contributed by atoms with van der Waals surface area (Å²) < 4.78 is 0. The standard InChI is InChI=1S/C13H22N2S/c1-10(2)8-16-9-12(4)15-13-6-5-11(3)7-14-13/h5-7,10,12H,8-9H2,1-4H3,(H,14,15). The van der Waals surface area contributed by atoms with Crippen LogP contribution in [0.2, 0.25) is 0 Å². The Balaban J connectivity index is 2.28. The molecule has 1 aromatic rings. The molecule has 0 saturated carbocycles. The summed E-state index contributed by atoms with van der Waals surface area (Å²) >= 11 is 2.00. The Morgan fingerprint density at radius 3 is 2.56 bits per heavy atom. The first-order valence-electron chi connectivity index (χ1n) is 5.85. The minimum Gasteiger partial charge on any atom is -0.367 e. The average molecular weight is 238 g/mol. The van der Waals surface area contributed by atoms with Crippen molar-refractivity contribution in [2.45, 2.75) is 33.7 Å². The minimum absolute atomic E-state index is 0.471. The Labute approximate surface area is 103 Å². The third kappa shape index (κ3) is 5.40. The fourth-order valence-electron chi connectivity index (χ4n) is 1.33. The molecule has 3 heteroatoms. The molecule has 0 aliphatic heterocycles. The first-order valence-corrected chi connectivity index (χ1v) is 7.00. The highest BCUT2D eigenvalue weighted by Crippen LogP contribution is 2.12. The van der Waals surface area contributed by atoms with Crippen LogP contribution in [0.5, 0.6) is 0 Å². The lowest BCUT2D eigenvalue weighted by Gasteiger charge is -2.14. The number of anilines is 1. The van der Waals surface area contributed by atoms with Gasteiger partial charge in [0.2, 0.25) is 0 Å². The molecule has 0 aliphatic rings. The van der Waals surface area contributed by atoms with Gasteiger partial charge in [0.15, 0.2) is 0 Å². The quantitative estimate of drug-likeness (QED) is 0.820. The molecule has 1 aromatic heterocycles. The molecule has 0 saturated heterocycles. The van der Waals surface area contributed by atoms with E-state index < -0.39 is 0 Å². The lowest BCUT2D eigenvalue weighted by atomic mass is 10.3. The number of nitrogens with zero attached hydrogens (tertiary/aromatic N) is 1. The van der Waals surface area contributed by atoms with Crippen LogP contribution >= 0.6 is 11.8 Å². The van der Waals surface area contributed by atoms with E-state index in [0.717, 1.165) is 17.5 Å². The van der Waals surface area contributed by atoms with Crippen molar-refractivity contribution in [1.82, 2.24) is 4.98 Å². The number of nitrogens with one attached hydrogen (secondary N) is 1. The van der Waals surface area contributed by atoms with E-state index in [9.17, 15) is 0 Å². The van der Waals surface area contributed by atoms with E-state index >= 15 is 0 Å². The van der Waals surface area contributed by atoms with Gasteiger partial charge in [0.1, 0.15) is 5.82 Å². The Kier molecular flexibility index (Phi) is 5.67. The minimum atomic E-state index is 0.471. The Hall–Kier alpha value is -0.700. The predicted molar refractivity (Wildman–Crippen MR) is 74.2 cm³/mol. The molecule has 0 bridgehead atoms. The van der Waals surface area contributed by atoms with E-state index in [0.29, 0.717) is 6.04 Å². The number of pyridine rings is 1. The zero-order valence-electron chi connectivity index (χ0n) is 10.7. The molecule has 0 aromatic carbocycles. The van der Waals surface area contributed by atoms with Crippen molar-refractivity contribution < 1.29 is 0 Å². The molecule has 16 heavy (non-hydrogen) atoms. The van der Waals surface area contributed by atoms with Crippen LogP contribution < -0.4 is 5.32 Å². The highest BCUT2D eigenvalue weighted by molar-refractivity contribution is 7.99. The number of hydrogen-bond acceptors (Lipinski definition) is 3. The summed E-state index contributed by atoms with van der Waals surface area (Å²) in [7, 11) is 0. The average Bonchev–Trinajstić information content (AvgIpc) is 2.21. The Bertz CT molecular complexity index is 295. The van der Waals surface area contributed by atoms with Crippen LogP contribution in [-0.4, -0.2) is 22.5 Å². The molecule has 0 amide bonds. The normalized spacial score (nSPS) is 12.8. The van der Waals surface area contributed by atoms with Gasteiger partial charge in [-0.15, -0.1) is 0 Å². The third-order valence-corrected chi connectivity index (χ3v) is 3.76. The highest BCUT2D eigenvalue weighted by atomic mass is 32.2. The fraction of sp³-hybridized carbons (Fsp3) is 0.615. The molecule has 1 unspecified atom stereocenters. The second-order valence-corrected chi connectivity index (χ2v) is 5.77. The molecule has 0 spiro atoms. The van der Waals surface area contributed by atoms with Gasteiger partial charge in [0, 0.05) is 18.0 Å². The summed E-state index contributed by atoms with van der Waals surface area (Å²) in [6.07, 6.45) is 1.90. The molecule has 0 fully saturated rings. The van der Waals surface area contributed by atoms with Gasteiger partial charge < -0.3 is 5.32 Å². The lowest BCUT2D eigenvalue weighted by molar-refractivity contribution is 0.748. The van der Waals surface area contributed by atoms with Crippen LogP contribution in [-0.2, 0) is 0 Å². The molecule has 90 valence electrons. The summed E-state index contributed by atoms with van der Waals surface area (Å²) in [5.74, 6) is 4.11. The maximum absolute atomic E-state index is 4.34. The number of aryl methyl sites for hydroxylation is 1. The van der Waals surface area contributed by atoms with E-state index in [1.54, 1.807) is 0 Å². The van der Waals surface area contributed by atoms with E-state index in [4.69, 9.17) is 0 Å². The van der Waals surface area contributed by atoms with Crippen molar-refractivity contribution in [2.24, 2.45) is 5.92 Å². The lowest BCUT2D eigenvalue weighted by Crippen LogP contribution is -2.19. The molecule has 1 rings (SSSR count). The Morgan fingerprint density at radius 1 is 1.25 bits per heavy atom. The Morgan fingerprint density at radius 2 is 2.00 bits per heavy atom. The van der Waals surface area contributed by atoms with Gasteiger partial charge in [-0.1, -0.05) is 19.9 Å². The number of aromatic nitrogens is 1. The monoisotopic (exact) mass is 238 g/mol. The van der Waals surface area contributed by atoms with E-state index in [1.807, 2.05) is 24.0 Å². The maximum Gasteiger partial charge on any atom is 0.126 e. The molecule has 1 heterocycles. The van der Waals surface area contributed by atoms with Crippen molar-refractivity contribution in [3.05, 3.63) is 23.9 Å². The first-order chi connectivity index (χ1) is 7.58. The molecule has 0 aliphatic carbocycles. The van der Waals surface area contributed by atoms with Crippen LogP contribution in [0.3, 0.4) is 0 Å². The van der Waals surface area contributed by atoms with E-state index in [1.165, 1.54) is 11.3 Å². The highest BCUT2D eigenvalue weighted by Gasteiger charge is 2.03. The molecule has 1 N–H and O–H groups in total. The topological polar surface area (TPSA) is 24.9 Å². The van der Waals surface area contributed by atoms with E-state index in [-0.39, 0.29) is 0 Å². The van der Waals surface area contributed by atoms with Crippen molar-refractivity contribution in [1.29, 1.82) is 0 Å². The summed E-state index contributed by atoms with van der Waals surface area (Å²) in [6.45, 7) is 8.77. The smallest absolute Gasteiger partial charge is 0.126 e. The van der Waals surface area contributed by atoms with Gasteiger partial charge in [-0.05, 0) is 37.1 Å². The van der Waals surface area contributed by atoms with E-state index in [2.05, 4.69) is 44.1 Å². The van der Waals surface area contributed by atoms with Crippen LogP contribution in [0.25, 0.3) is 0 Å². The van der Waals surface area contributed by atoms with Crippen LogP contribution in [0.15, 0.2) is 18.3 Å². The van der Waals surface area contributed by atoms with Crippen LogP contribution in [0.1, 0.15) is 26.3 Å². The molecular weight excluding hydrogens is 216 g/mol. The summed E-state index contributed by atoms with van der Waals surface area (Å²) in [5.41, 5.74) is 1.20. The van der Waals surface area contributed by atoms with Crippen molar-refractivity contribution in [2.75, 3.05) is 16.8 Å². The third-order valence-electron chi connectivity index (χ3n) is 2.12. The van der Waals surface area contributed by atoms with Gasteiger partial charge in [0.25, 0.3) is 0 Å². The molecule has 1 atom stereocenters. The van der Waals surface area contributed by atoms with Crippen LogP contribution in [0.4, 0.5) is 5.82 Å². The zero-order valence-corrected chi connectivity index (χ0v) is 11.5. The van der Waals surface area contributed by atoms with Gasteiger partial charge in [-0.2, -0.15) is 11.8 Å².